The number of aromatic nitrogens is 1. The van der Waals surface area contributed by atoms with Crippen LogP contribution in [-0.2, 0) is 6.54 Å². The Morgan fingerprint density at radius 2 is 1.82 bits per heavy atom. The van der Waals surface area contributed by atoms with Gasteiger partial charge >= 0.3 is 0 Å². The van der Waals surface area contributed by atoms with Crippen molar-refractivity contribution in [2.75, 3.05) is 13.1 Å². The zero-order chi connectivity index (χ0) is 19.9. The molecule has 2 aromatic rings. The van der Waals surface area contributed by atoms with Gasteiger partial charge in [-0.2, -0.15) is 8.78 Å². The quantitative estimate of drug-likeness (QED) is 0.739. The molecule has 1 aromatic heterocycles. The fourth-order valence-electron chi connectivity index (χ4n) is 3.06. The van der Waals surface area contributed by atoms with E-state index in [0.29, 0.717) is 5.56 Å². The van der Waals surface area contributed by atoms with Crippen molar-refractivity contribution in [2.45, 2.75) is 36.6 Å². The largest absolute Gasteiger partial charge is 0.348 e. The molecule has 5 nitrogen and oxygen atoms in total. The molecule has 0 unspecified atom stereocenters. The number of hydrogen-bond donors (Lipinski definition) is 1. The Hall–Kier alpha value is -2.48. The Labute approximate surface area is 166 Å². The number of amides is 2. The van der Waals surface area contributed by atoms with E-state index in [0.717, 1.165) is 37.9 Å². The van der Waals surface area contributed by atoms with Gasteiger partial charge in [-0.3, -0.25) is 9.59 Å². The molecule has 8 heteroatoms. The highest BCUT2D eigenvalue weighted by atomic mass is 32.2. The number of halogens is 2. The molecule has 2 amide bonds. The number of carbonyl (C=O) groups is 2. The van der Waals surface area contributed by atoms with Gasteiger partial charge in [-0.15, -0.1) is 0 Å². The van der Waals surface area contributed by atoms with Gasteiger partial charge in [-0.25, -0.2) is 4.98 Å². The number of thioether (sulfide) groups is 1. The second-order valence-electron chi connectivity index (χ2n) is 6.47. The average Bonchev–Trinajstić information content (AvgIpc) is 2.72. The minimum Gasteiger partial charge on any atom is -0.348 e. The lowest BCUT2D eigenvalue weighted by Crippen LogP contribution is -2.35. The fourth-order valence-corrected chi connectivity index (χ4v) is 3.64. The average molecular weight is 405 g/mol. The van der Waals surface area contributed by atoms with Crippen LogP contribution in [0.5, 0.6) is 0 Å². The van der Waals surface area contributed by atoms with Crippen LogP contribution in [0, 0.1) is 0 Å². The van der Waals surface area contributed by atoms with Gasteiger partial charge in [0.2, 0.25) is 0 Å². The Morgan fingerprint density at radius 3 is 2.50 bits per heavy atom. The first-order valence-electron chi connectivity index (χ1n) is 9.11. The highest BCUT2D eigenvalue weighted by molar-refractivity contribution is 7.99. The molecule has 1 fully saturated rings. The maximum Gasteiger partial charge on any atom is 0.290 e. The lowest BCUT2D eigenvalue weighted by atomic mass is 10.1. The van der Waals surface area contributed by atoms with Crippen LogP contribution in [0.15, 0.2) is 47.6 Å². The van der Waals surface area contributed by atoms with Crippen molar-refractivity contribution in [3.8, 4) is 0 Å². The molecule has 0 atom stereocenters. The standard InChI is InChI=1S/C20H21F2N3O2S/c21-20(22)28-18-16(5-4-10-23-18)17(26)24-13-14-6-8-15(9-7-14)19(27)25-11-2-1-3-12-25/h4-10,20H,1-3,11-13H2,(H,24,26). The van der Waals surface area contributed by atoms with Crippen molar-refractivity contribution in [1.29, 1.82) is 0 Å². The summed E-state index contributed by atoms with van der Waals surface area (Å²) in [5.74, 6) is -3.09. The summed E-state index contributed by atoms with van der Waals surface area (Å²) in [6.07, 6.45) is 4.61. The van der Waals surface area contributed by atoms with E-state index in [4.69, 9.17) is 0 Å². The second-order valence-corrected chi connectivity index (χ2v) is 7.45. The fraction of sp³-hybridized carbons (Fsp3) is 0.350. The molecule has 0 radical (unpaired) electrons. The number of piperidine rings is 1. The van der Waals surface area contributed by atoms with E-state index in [1.807, 2.05) is 4.90 Å². The molecule has 1 aromatic carbocycles. The number of nitrogens with one attached hydrogen (secondary N) is 1. The minimum absolute atomic E-state index is 0.00234. The molecule has 0 bridgehead atoms. The van der Waals surface area contributed by atoms with E-state index in [9.17, 15) is 18.4 Å². The Kier molecular flexibility index (Phi) is 6.97. The number of hydrogen-bond acceptors (Lipinski definition) is 4. The van der Waals surface area contributed by atoms with Crippen molar-refractivity contribution in [1.82, 2.24) is 15.2 Å². The molecule has 148 valence electrons. The predicted octanol–water partition coefficient (Wildman–Crippen LogP) is 3.95. The molecule has 3 rings (SSSR count). The van der Waals surface area contributed by atoms with Gasteiger partial charge in [-0.05, 0) is 60.9 Å². The minimum atomic E-state index is -2.65. The molecule has 0 saturated carbocycles. The van der Waals surface area contributed by atoms with Gasteiger partial charge in [0.25, 0.3) is 17.6 Å². The Balaban J connectivity index is 1.59. The highest BCUT2D eigenvalue weighted by Crippen LogP contribution is 2.26. The van der Waals surface area contributed by atoms with E-state index in [-0.39, 0.29) is 34.8 Å². The molecular formula is C20H21F2N3O2S. The molecule has 28 heavy (non-hydrogen) atoms. The number of nitrogens with zero attached hydrogens (tertiary/aromatic N) is 2. The molecule has 0 spiro atoms. The zero-order valence-corrected chi connectivity index (χ0v) is 16.1. The lowest BCUT2D eigenvalue weighted by molar-refractivity contribution is 0.0724. The molecule has 2 heterocycles. The number of pyridine rings is 1. The zero-order valence-electron chi connectivity index (χ0n) is 15.2. The first-order valence-corrected chi connectivity index (χ1v) is 9.99. The van der Waals surface area contributed by atoms with Gasteiger partial charge in [-0.1, -0.05) is 12.1 Å². The number of carbonyl (C=O) groups excluding carboxylic acids is 2. The van der Waals surface area contributed by atoms with Gasteiger partial charge in [0, 0.05) is 31.4 Å². The summed E-state index contributed by atoms with van der Waals surface area (Å²) in [7, 11) is 0. The smallest absolute Gasteiger partial charge is 0.290 e. The third-order valence-corrected chi connectivity index (χ3v) is 5.24. The van der Waals surface area contributed by atoms with Crippen LogP contribution in [0.1, 0.15) is 45.5 Å². The first-order chi connectivity index (χ1) is 13.5. The lowest BCUT2D eigenvalue weighted by Gasteiger charge is -2.26. The van der Waals surface area contributed by atoms with Crippen LogP contribution in [-0.4, -0.2) is 40.5 Å². The molecule has 1 saturated heterocycles. The molecule has 1 aliphatic rings. The third kappa shape index (κ3) is 5.28. The summed E-state index contributed by atoms with van der Waals surface area (Å²) in [5, 5.41) is 2.71. The molecular weight excluding hydrogens is 384 g/mol. The van der Waals surface area contributed by atoms with Crippen molar-refractivity contribution < 1.29 is 18.4 Å². The van der Waals surface area contributed by atoms with Crippen molar-refractivity contribution in [3.05, 3.63) is 59.3 Å². The van der Waals surface area contributed by atoms with Gasteiger partial charge < -0.3 is 10.2 Å². The van der Waals surface area contributed by atoms with E-state index in [1.165, 1.54) is 18.3 Å². The monoisotopic (exact) mass is 405 g/mol. The Morgan fingerprint density at radius 1 is 1.11 bits per heavy atom. The maximum atomic E-state index is 12.6. The van der Waals surface area contributed by atoms with Gasteiger partial charge in [0.1, 0.15) is 5.03 Å². The third-order valence-electron chi connectivity index (χ3n) is 4.51. The van der Waals surface area contributed by atoms with Gasteiger partial charge in [0.05, 0.1) is 5.56 Å². The van der Waals surface area contributed by atoms with Crippen LogP contribution < -0.4 is 5.32 Å². The van der Waals surface area contributed by atoms with Crippen LogP contribution in [0.4, 0.5) is 8.78 Å². The summed E-state index contributed by atoms with van der Waals surface area (Å²) in [4.78, 5) is 30.5. The highest BCUT2D eigenvalue weighted by Gasteiger charge is 2.18. The number of rotatable bonds is 6. The van der Waals surface area contributed by atoms with E-state index >= 15 is 0 Å². The van der Waals surface area contributed by atoms with Crippen LogP contribution in [0.3, 0.4) is 0 Å². The normalized spacial score (nSPS) is 14.2. The Bertz CT molecular complexity index is 824. The number of likely N-dealkylation sites (tertiary alicyclic amines) is 1. The summed E-state index contributed by atoms with van der Waals surface area (Å²) in [5.41, 5.74) is 1.56. The van der Waals surface area contributed by atoms with Crippen molar-refractivity contribution in [2.24, 2.45) is 0 Å². The summed E-state index contributed by atoms with van der Waals surface area (Å²) in [6.45, 7) is 1.81. The summed E-state index contributed by atoms with van der Waals surface area (Å²) < 4.78 is 25.2. The van der Waals surface area contributed by atoms with Crippen LogP contribution >= 0.6 is 11.8 Å². The first kappa shape index (κ1) is 20.3. The SMILES string of the molecule is O=C(NCc1ccc(C(=O)N2CCCCC2)cc1)c1cccnc1SC(F)F. The van der Waals surface area contributed by atoms with Crippen LogP contribution in [0.25, 0.3) is 0 Å². The number of benzene rings is 1. The molecule has 0 aliphatic carbocycles. The van der Waals surface area contributed by atoms with Crippen molar-refractivity contribution in [3.63, 3.8) is 0 Å². The second kappa shape index (κ2) is 9.64. The topological polar surface area (TPSA) is 62.3 Å². The molecule has 1 aliphatic heterocycles. The number of alkyl halides is 2. The predicted molar refractivity (Wildman–Crippen MR) is 103 cm³/mol. The van der Waals surface area contributed by atoms with Gasteiger partial charge in [0.15, 0.2) is 0 Å². The van der Waals surface area contributed by atoms with Crippen molar-refractivity contribution >= 4 is 23.6 Å². The summed E-state index contributed by atoms with van der Waals surface area (Å²) in [6, 6.07) is 10.1. The molecule has 1 N–H and O–H groups in total. The van der Waals surface area contributed by atoms with Crippen LogP contribution in [0.2, 0.25) is 0 Å². The van der Waals surface area contributed by atoms with E-state index < -0.39 is 11.7 Å². The van der Waals surface area contributed by atoms with E-state index in [1.54, 1.807) is 24.3 Å². The van der Waals surface area contributed by atoms with E-state index in [2.05, 4.69) is 10.3 Å². The summed E-state index contributed by atoms with van der Waals surface area (Å²) >= 11 is 0.246. The maximum absolute atomic E-state index is 12.6.